The van der Waals surface area contributed by atoms with Crippen molar-refractivity contribution in [3.8, 4) is 5.75 Å². The van der Waals surface area contributed by atoms with Gasteiger partial charge in [-0.25, -0.2) is 13.1 Å². The van der Waals surface area contributed by atoms with Crippen molar-refractivity contribution in [2.24, 2.45) is 0 Å². The van der Waals surface area contributed by atoms with E-state index in [0.717, 1.165) is 5.56 Å². The lowest BCUT2D eigenvalue weighted by Crippen LogP contribution is -2.31. The Morgan fingerprint density at radius 2 is 1.94 bits per heavy atom. The van der Waals surface area contributed by atoms with E-state index < -0.39 is 16.1 Å². The van der Waals surface area contributed by atoms with Crippen LogP contribution in [0.5, 0.6) is 5.75 Å². The summed E-state index contributed by atoms with van der Waals surface area (Å²) in [6.07, 6.45) is -0.729. The number of nitrogens with one attached hydrogen (secondary N) is 1. The van der Waals surface area contributed by atoms with E-state index in [4.69, 9.17) is 9.84 Å². The molecule has 1 aromatic rings. The molecule has 1 rings (SSSR count). The van der Waals surface area contributed by atoms with Gasteiger partial charge in [0.2, 0.25) is 10.0 Å². The minimum atomic E-state index is -3.63. The molecule has 0 saturated heterocycles. The molecule has 0 aliphatic rings. The highest BCUT2D eigenvalue weighted by molar-refractivity contribution is 7.89. The Kier molecular flexibility index (Phi) is 4.72. The van der Waals surface area contributed by atoms with Gasteiger partial charge in [0.1, 0.15) is 5.75 Å². The maximum atomic E-state index is 12.1. The molecule has 0 amide bonds. The molecule has 0 bridgehead atoms. The molecular weight excluding hydrogens is 254 g/mol. The lowest BCUT2D eigenvalue weighted by atomic mass is 10.1. The molecule has 0 aliphatic heterocycles. The number of rotatable bonds is 5. The standard InChI is InChI=1S/C12H19NO4S/c1-8-5-9(2)12(6-11(8)17-4)18(15,16)13-7-10(3)14/h5-6,10,13-14H,7H2,1-4H3. The second-order valence-electron chi connectivity index (χ2n) is 4.29. The fourth-order valence-electron chi connectivity index (χ4n) is 1.63. The van der Waals surface area contributed by atoms with Gasteiger partial charge in [0, 0.05) is 12.6 Å². The third kappa shape index (κ3) is 3.44. The van der Waals surface area contributed by atoms with E-state index >= 15 is 0 Å². The summed E-state index contributed by atoms with van der Waals surface area (Å²) < 4.78 is 31.6. The molecule has 0 spiro atoms. The average Bonchev–Trinajstić information content (AvgIpc) is 2.26. The van der Waals surface area contributed by atoms with Gasteiger partial charge in [-0.1, -0.05) is 6.07 Å². The number of ether oxygens (including phenoxy) is 1. The summed E-state index contributed by atoms with van der Waals surface area (Å²) in [7, 11) is -2.13. The van der Waals surface area contributed by atoms with Crippen LogP contribution in [0.25, 0.3) is 0 Å². The molecule has 18 heavy (non-hydrogen) atoms. The van der Waals surface area contributed by atoms with Crippen LogP contribution < -0.4 is 9.46 Å². The quantitative estimate of drug-likeness (QED) is 0.838. The van der Waals surface area contributed by atoms with Gasteiger partial charge in [0.25, 0.3) is 0 Å². The van der Waals surface area contributed by atoms with Crippen LogP contribution in [0.15, 0.2) is 17.0 Å². The number of hydrogen-bond acceptors (Lipinski definition) is 4. The minimum Gasteiger partial charge on any atom is -0.496 e. The summed E-state index contributed by atoms with van der Waals surface area (Å²) >= 11 is 0. The van der Waals surface area contributed by atoms with Crippen LogP contribution in [-0.4, -0.2) is 33.3 Å². The van der Waals surface area contributed by atoms with E-state index in [1.165, 1.54) is 20.1 Å². The monoisotopic (exact) mass is 273 g/mol. The summed E-state index contributed by atoms with van der Waals surface area (Å²) in [6, 6.07) is 3.25. The lowest BCUT2D eigenvalue weighted by Gasteiger charge is -2.13. The van der Waals surface area contributed by atoms with E-state index in [0.29, 0.717) is 11.3 Å². The Labute approximate surface area is 108 Å². The fourth-order valence-corrected chi connectivity index (χ4v) is 2.99. The number of aryl methyl sites for hydroxylation is 2. The summed E-state index contributed by atoms with van der Waals surface area (Å²) in [5.74, 6) is 0.526. The zero-order valence-corrected chi connectivity index (χ0v) is 11.8. The molecule has 5 nitrogen and oxygen atoms in total. The lowest BCUT2D eigenvalue weighted by molar-refractivity contribution is 0.198. The molecule has 6 heteroatoms. The van der Waals surface area contributed by atoms with Gasteiger partial charge < -0.3 is 9.84 Å². The number of sulfonamides is 1. The van der Waals surface area contributed by atoms with Crippen molar-refractivity contribution in [3.63, 3.8) is 0 Å². The first-order chi connectivity index (χ1) is 8.27. The smallest absolute Gasteiger partial charge is 0.241 e. The van der Waals surface area contributed by atoms with Gasteiger partial charge in [-0.05, 0) is 31.9 Å². The third-order valence-corrected chi connectivity index (χ3v) is 4.12. The maximum absolute atomic E-state index is 12.1. The SMILES string of the molecule is COc1cc(S(=O)(=O)NCC(C)O)c(C)cc1C. The van der Waals surface area contributed by atoms with Crippen LogP contribution in [0.4, 0.5) is 0 Å². The van der Waals surface area contributed by atoms with E-state index in [9.17, 15) is 8.42 Å². The maximum Gasteiger partial charge on any atom is 0.241 e. The third-order valence-electron chi connectivity index (χ3n) is 2.55. The summed E-state index contributed by atoms with van der Waals surface area (Å²) in [5, 5.41) is 9.13. The van der Waals surface area contributed by atoms with Gasteiger partial charge in [0.15, 0.2) is 0 Å². The summed E-state index contributed by atoms with van der Waals surface area (Å²) in [4.78, 5) is 0.172. The second-order valence-corrected chi connectivity index (χ2v) is 6.02. The Balaban J connectivity index is 3.16. The number of aliphatic hydroxyl groups is 1. The first kappa shape index (κ1) is 14.9. The Morgan fingerprint density at radius 1 is 1.33 bits per heavy atom. The van der Waals surface area contributed by atoms with Crippen LogP contribution in [0.3, 0.4) is 0 Å². The summed E-state index contributed by atoms with van der Waals surface area (Å²) in [6.45, 7) is 5.08. The predicted molar refractivity (Wildman–Crippen MR) is 69.3 cm³/mol. The average molecular weight is 273 g/mol. The molecule has 0 radical (unpaired) electrons. The molecule has 1 aromatic carbocycles. The zero-order valence-electron chi connectivity index (χ0n) is 11.0. The topological polar surface area (TPSA) is 75.6 Å². The van der Waals surface area contributed by atoms with Gasteiger partial charge in [-0.2, -0.15) is 0 Å². The molecule has 0 heterocycles. The molecule has 0 aromatic heterocycles. The van der Waals surface area contributed by atoms with Crippen LogP contribution in [-0.2, 0) is 10.0 Å². The zero-order chi connectivity index (χ0) is 13.9. The molecule has 1 unspecified atom stereocenters. The molecule has 102 valence electrons. The Morgan fingerprint density at radius 3 is 2.44 bits per heavy atom. The van der Waals surface area contributed by atoms with Crippen molar-refractivity contribution in [3.05, 3.63) is 23.3 Å². The normalized spacial score (nSPS) is 13.4. The Hall–Kier alpha value is -1.11. The van der Waals surface area contributed by atoms with Crippen molar-refractivity contribution in [2.45, 2.75) is 31.8 Å². The van der Waals surface area contributed by atoms with Crippen LogP contribution >= 0.6 is 0 Å². The number of methoxy groups -OCH3 is 1. The highest BCUT2D eigenvalue weighted by Gasteiger charge is 2.19. The first-order valence-corrected chi connectivity index (χ1v) is 7.09. The van der Waals surface area contributed by atoms with Gasteiger partial charge in [-0.3, -0.25) is 0 Å². The van der Waals surface area contributed by atoms with E-state index in [1.54, 1.807) is 13.0 Å². The number of aliphatic hydroxyl groups excluding tert-OH is 1. The highest BCUT2D eigenvalue weighted by Crippen LogP contribution is 2.25. The largest absolute Gasteiger partial charge is 0.496 e. The molecule has 0 saturated carbocycles. The van der Waals surface area contributed by atoms with Crippen molar-refractivity contribution in [2.75, 3.05) is 13.7 Å². The van der Waals surface area contributed by atoms with Crippen molar-refractivity contribution >= 4 is 10.0 Å². The van der Waals surface area contributed by atoms with Gasteiger partial charge in [-0.15, -0.1) is 0 Å². The van der Waals surface area contributed by atoms with Crippen molar-refractivity contribution < 1.29 is 18.3 Å². The van der Waals surface area contributed by atoms with Crippen molar-refractivity contribution in [1.29, 1.82) is 0 Å². The van der Waals surface area contributed by atoms with E-state index in [2.05, 4.69) is 4.72 Å². The second kappa shape index (κ2) is 5.69. The molecule has 2 N–H and O–H groups in total. The molecule has 1 atom stereocenters. The van der Waals surface area contributed by atoms with E-state index in [1.807, 2.05) is 6.92 Å². The molecule has 0 fully saturated rings. The minimum absolute atomic E-state index is 0.0159. The van der Waals surface area contributed by atoms with E-state index in [-0.39, 0.29) is 11.4 Å². The fraction of sp³-hybridized carbons (Fsp3) is 0.500. The number of hydrogen-bond donors (Lipinski definition) is 2. The van der Waals surface area contributed by atoms with Crippen LogP contribution in [0, 0.1) is 13.8 Å². The molecule has 0 aliphatic carbocycles. The van der Waals surface area contributed by atoms with Gasteiger partial charge >= 0.3 is 0 Å². The molecular formula is C12H19NO4S. The van der Waals surface area contributed by atoms with Crippen LogP contribution in [0.2, 0.25) is 0 Å². The predicted octanol–water partition coefficient (Wildman–Crippen LogP) is 0.971. The van der Waals surface area contributed by atoms with Crippen LogP contribution in [0.1, 0.15) is 18.1 Å². The Bertz CT molecular complexity index is 523. The van der Waals surface area contributed by atoms with Crippen molar-refractivity contribution in [1.82, 2.24) is 4.72 Å². The highest BCUT2D eigenvalue weighted by atomic mass is 32.2. The number of benzene rings is 1. The van der Waals surface area contributed by atoms with Gasteiger partial charge in [0.05, 0.1) is 18.1 Å². The summed E-state index contributed by atoms with van der Waals surface area (Å²) in [5.41, 5.74) is 1.52. The first-order valence-electron chi connectivity index (χ1n) is 5.61.